The average molecular weight is 374 g/mol. The number of carbonyl (C=O) groups excluding carboxylic acids is 2. The molecule has 1 aliphatic heterocycles. The normalized spacial score (nSPS) is 14.9. The smallest absolute Gasteiger partial charge is 0.265 e. The van der Waals surface area contributed by atoms with Gasteiger partial charge in [-0.2, -0.15) is 0 Å². The molecular formula is C23H22N2O3. The van der Waals surface area contributed by atoms with Crippen LogP contribution in [0.25, 0.3) is 10.8 Å². The molecule has 1 fully saturated rings. The Kier molecular flexibility index (Phi) is 4.98. The molecule has 0 aliphatic carbocycles. The molecule has 0 spiro atoms. The molecule has 0 aromatic heterocycles. The van der Waals surface area contributed by atoms with Crippen LogP contribution in [-0.2, 0) is 9.59 Å². The summed E-state index contributed by atoms with van der Waals surface area (Å²) in [5, 5.41) is 4.92. The number of amides is 2. The molecule has 1 atom stereocenters. The first kappa shape index (κ1) is 18.0. The van der Waals surface area contributed by atoms with Crippen LogP contribution in [0.4, 0.5) is 11.4 Å². The molecule has 1 aliphatic rings. The number of ether oxygens (including phenoxy) is 1. The highest BCUT2D eigenvalue weighted by molar-refractivity contribution is 5.97. The first-order valence-corrected chi connectivity index (χ1v) is 9.47. The fraction of sp³-hybridized carbons (Fsp3) is 0.217. The van der Waals surface area contributed by atoms with E-state index in [4.69, 9.17) is 4.74 Å². The number of anilines is 2. The van der Waals surface area contributed by atoms with Gasteiger partial charge in [-0.3, -0.25) is 9.59 Å². The van der Waals surface area contributed by atoms with E-state index >= 15 is 0 Å². The molecule has 0 bridgehead atoms. The molecule has 5 heteroatoms. The van der Waals surface area contributed by atoms with Crippen molar-refractivity contribution in [1.29, 1.82) is 0 Å². The van der Waals surface area contributed by atoms with Crippen LogP contribution in [0.1, 0.15) is 19.8 Å². The van der Waals surface area contributed by atoms with Gasteiger partial charge in [-0.25, -0.2) is 0 Å². The van der Waals surface area contributed by atoms with E-state index < -0.39 is 6.10 Å². The van der Waals surface area contributed by atoms with Gasteiger partial charge in [0.25, 0.3) is 5.91 Å². The summed E-state index contributed by atoms with van der Waals surface area (Å²) in [7, 11) is 0. The van der Waals surface area contributed by atoms with Crippen LogP contribution in [0.15, 0.2) is 66.7 Å². The minimum Gasteiger partial charge on any atom is -0.480 e. The van der Waals surface area contributed by atoms with E-state index in [9.17, 15) is 9.59 Å². The summed E-state index contributed by atoms with van der Waals surface area (Å²) in [5.41, 5.74) is 1.54. The minimum absolute atomic E-state index is 0.147. The predicted octanol–water partition coefficient (Wildman–Crippen LogP) is 4.37. The predicted molar refractivity (Wildman–Crippen MR) is 111 cm³/mol. The van der Waals surface area contributed by atoms with Gasteiger partial charge >= 0.3 is 0 Å². The SMILES string of the molecule is C[C@H](Oc1cccc2ccccc12)C(=O)Nc1ccc(N2CCCC2=O)cc1. The summed E-state index contributed by atoms with van der Waals surface area (Å²) in [6.45, 7) is 2.48. The van der Waals surface area contributed by atoms with Crippen molar-refractivity contribution in [3.63, 3.8) is 0 Å². The van der Waals surface area contributed by atoms with E-state index in [1.807, 2.05) is 66.7 Å². The van der Waals surface area contributed by atoms with Crippen molar-refractivity contribution in [2.45, 2.75) is 25.9 Å². The summed E-state index contributed by atoms with van der Waals surface area (Å²) in [6.07, 6.45) is 0.840. The summed E-state index contributed by atoms with van der Waals surface area (Å²) in [5.74, 6) is 0.607. The van der Waals surface area contributed by atoms with Crippen molar-refractivity contribution < 1.29 is 14.3 Å². The Balaban J connectivity index is 1.42. The number of nitrogens with zero attached hydrogens (tertiary/aromatic N) is 1. The monoisotopic (exact) mass is 374 g/mol. The lowest BCUT2D eigenvalue weighted by molar-refractivity contribution is -0.122. The zero-order valence-electron chi connectivity index (χ0n) is 15.7. The molecule has 142 valence electrons. The summed E-state index contributed by atoms with van der Waals surface area (Å²) in [4.78, 5) is 26.2. The quantitative estimate of drug-likeness (QED) is 0.721. The molecule has 0 radical (unpaired) electrons. The Hall–Kier alpha value is -3.34. The second-order valence-electron chi connectivity index (χ2n) is 6.92. The number of fused-ring (bicyclic) bond motifs is 1. The molecule has 5 nitrogen and oxygen atoms in total. The van der Waals surface area contributed by atoms with Crippen molar-refractivity contribution in [1.82, 2.24) is 0 Å². The van der Waals surface area contributed by atoms with Gasteiger partial charge in [0.05, 0.1) is 0 Å². The number of hydrogen-bond donors (Lipinski definition) is 1. The molecular weight excluding hydrogens is 352 g/mol. The van der Waals surface area contributed by atoms with Crippen LogP contribution in [0.5, 0.6) is 5.75 Å². The molecule has 3 aromatic carbocycles. The summed E-state index contributed by atoms with van der Waals surface area (Å²) in [6, 6.07) is 21.0. The van der Waals surface area contributed by atoms with Gasteiger partial charge < -0.3 is 15.0 Å². The lowest BCUT2D eigenvalue weighted by Gasteiger charge is -2.18. The summed E-state index contributed by atoms with van der Waals surface area (Å²) < 4.78 is 5.92. The van der Waals surface area contributed by atoms with Crippen LogP contribution in [-0.4, -0.2) is 24.5 Å². The third kappa shape index (κ3) is 3.69. The first-order valence-electron chi connectivity index (χ1n) is 9.47. The van der Waals surface area contributed by atoms with E-state index in [2.05, 4.69) is 5.32 Å². The molecule has 1 heterocycles. The number of nitrogens with one attached hydrogen (secondary N) is 1. The number of rotatable bonds is 5. The van der Waals surface area contributed by atoms with Crippen molar-refractivity contribution >= 4 is 34.0 Å². The number of carbonyl (C=O) groups is 2. The molecule has 1 saturated heterocycles. The molecule has 28 heavy (non-hydrogen) atoms. The maximum absolute atomic E-state index is 12.5. The van der Waals surface area contributed by atoms with Crippen molar-refractivity contribution in [3.05, 3.63) is 66.7 Å². The van der Waals surface area contributed by atoms with E-state index in [0.717, 1.165) is 29.4 Å². The Labute approximate surface area is 163 Å². The van der Waals surface area contributed by atoms with Crippen LogP contribution in [0.3, 0.4) is 0 Å². The molecule has 0 saturated carbocycles. The van der Waals surface area contributed by atoms with Gasteiger partial charge in [0.1, 0.15) is 5.75 Å². The van der Waals surface area contributed by atoms with Gasteiger partial charge in [0.15, 0.2) is 6.10 Å². The van der Waals surface area contributed by atoms with E-state index in [0.29, 0.717) is 17.9 Å². The van der Waals surface area contributed by atoms with E-state index in [-0.39, 0.29) is 11.8 Å². The second-order valence-corrected chi connectivity index (χ2v) is 6.92. The average Bonchev–Trinajstić information content (AvgIpc) is 3.14. The molecule has 1 N–H and O–H groups in total. The molecule has 4 rings (SSSR count). The van der Waals surface area contributed by atoms with Gasteiger partial charge in [-0.05, 0) is 49.1 Å². The lowest BCUT2D eigenvalue weighted by atomic mass is 10.1. The third-order valence-corrected chi connectivity index (χ3v) is 4.94. The van der Waals surface area contributed by atoms with Crippen LogP contribution in [0, 0.1) is 0 Å². The highest BCUT2D eigenvalue weighted by Crippen LogP contribution is 2.27. The number of benzene rings is 3. The largest absolute Gasteiger partial charge is 0.480 e. The standard InChI is InChI=1S/C23H22N2O3/c1-16(28-21-9-4-7-17-6-2-3-8-20(17)21)23(27)24-18-11-13-19(14-12-18)25-15-5-10-22(25)26/h2-4,6-9,11-14,16H,5,10,15H2,1H3,(H,24,27)/t16-/m0/s1. The highest BCUT2D eigenvalue weighted by atomic mass is 16.5. The Morgan fingerprint density at radius 3 is 2.54 bits per heavy atom. The third-order valence-electron chi connectivity index (χ3n) is 4.94. The van der Waals surface area contributed by atoms with E-state index in [1.165, 1.54) is 0 Å². The maximum Gasteiger partial charge on any atom is 0.265 e. The fourth-order valence-electron chi connectivity index (χ4n) is 3.43. The first-order chi connectivity index (χ1) is 13.6. The molecule has 2 amide bonds. The van der Waals surface area contributed by atoms with E-state index in [1.54, 1.807) is 11.8 Å². The second kappa shape index (κ2) is 7.72. The minimum atomic E-state index is -0.648. The van der Waals surface area contributed by atoms with Gasteiger partial charge in [0.2, 0.25) is 5.91 Å². The summed E-state index contributed by atoms with van der Waals surface area (Å²) >= 11 is 0. The number of hydrogen-bond acceptors (Lipinski definition) is 3. The fourth-order valence-corrected chi connectivity index (χ4v) is 3.43. The lowest BCUT2D eigenvalue weighted by Crippen LogP contribution is -2.30. The van der Waals surface area contributed by atoms with Crippen LogP contribution < -0.4 is 15.0 Å². The van der Waals surface area contributed by atoms with Crippen molar-refractivity contribution in [3.8, 4) is 5.75 Å². The van der Waals surface area contributed by atoms with Crippen molar-refractivity contribution in [2.75, 3.05) is 16.8 Å². The highest BCUT2D eigenvalue weighted by Gasteiger charge is 2.21. The zero-order chi connectivity index (χ0) is 19.5. The Bertz CT molecular complexity index is 1010. The molecule has 3 aromatic rings. The van der Waals surface area contributed by atoms with Gasteiger partial charge in [-0.15, -0.1) is 0 Å². The zero-order valence-corrected chi connectivity index (χ0v) is 15.7. The van der Waals surface area contributed by atoms with Crippen molar-refractivity contribution in [2.24, 2.45) is 0 Å². The topological polar surface area (TPSA) is 58.6 Å². The Morgan fingerprint density at radius 2 is 1.79 bits per heavy atom. The molecule has 0 unspecified atom stereocenters. The van der Waals surface area contributed by atoms with Gasteiger partial charge in [-0.1, -0.05) is 36.4 Å². The Morgan fingerprint density at radius 1 is 1.04 bits per heavy atom. The van der Waals surface area contributed by atoms with Gasteiger partial charge in [0, 0.05) is 29.7 Å². The maximum atomic E-state index is 12.5. The van der Waals surface area contributed by atoms with Crippen LogP contribution >= 0.6 is 0 Å². The van der Waals surface area contributed by atoms with Crippen LogP contribution in [0.2, 0.25) is 0 Å².